The Bertz CT molecular complexity index is 557. The van der Waals surface area contributed by atoms with Crippen molar-refractivity contribution in [2.24, 2.45) is 5.92 Å². The van der Waals surface area contributed by atoms with Gasteiger partial charge in [-0.15, -0.1) is 0 Å². The fourth-order valence-corrected chi connectivity index (χ4v) is 2.58. The molecule has 1 atom stereocenters. The fourth-order valence-electron chi connectivity index (χ4n) is 2.58. The fraction of sp³-hybridized carbons (Fsp3) is 0.467. The van der Waals surface area contributed by atoms with E-state index < -0.39 is 0 Å². The van der Waals surface area contributed by atoms with Gasteiger partial charge in [0.05, 0.1) is 24.4 Å². The minimum atomic E-state index is -0.257. The summed E-state index contributed by atoms with van der Waals surface area (Å²) in [5.74, 6) is -0.580. The van der Waals surface area contributed by atoms with Crippen LogP contribution in [0, 0.1) is 5.92 Å². The van der Waals surface area contributed by atoms with E-state index in [0.29, 0.717) is 30.8 Å². The van der Waals surface area contributed by atoms with E-state index in [0.717, 1.165) is 5.69 Å². The highest BCUT2D eigenvalue weighted by molar-refractivity contribution is 5.96. The molecule has 1 unspecified atom stereocenters. The van der Waals surface area contributed by atoms with Crippen LogP contribution in [0.1, 0.15) is 16.8 Å². The number of methoxy groups -OCH3 is 1. The number of likely N-dealkylation sites (tertiary alicyclic amines) is 1. The molecule has 114 valence electrons. The zero-order chi connectivity index (χ0) is 15.6. The summed E-state index contributed by atoms with van der Waals surface area (Å²) >= 11 is 0. The van der Waals surface area contributed by atoms with Gasteiger partial charge in [-0.05, 0) is 24.6 Å². The van der Waals surface area contributed by atoms with Crippen LogP contribution >= 0.6 is 0 Å². The first-order valence-corrected chi connectivity index (χ1v) is 6.88. The summed E-state index contributed by atoms with van der Waals surface area (Å²) in [6, 6.07) is 5.28. The third-order valence-corrected chi connectivity index (χ3v) is 3.77. The Morgan fingerprint density at radius 1 is 1.38 bits per heavy atom. The average Bonchev–Trinajstić information content (AvgIpc) is 2.94. The van der Waals surface area contributed by atoms with Gasteiger partial charge >= 0.3 is 5.97 Å². The van der Waals surface area contributed by atoms with Crippen LogP contribution in [-0.4, -0.2) is 51.1 Å². The van der Waals surface area contributed by atoms with Crippen molar-refractivity contribution in [2.75, 3.05) is 44.9 Å². The number of hydrogen-bond acceptors (Lipinski definition) is 5. The maximum absolute atomic E-state index is 12.4. The summed E-state index contributed by atoms with van der Waals surface area (Å²) in [6.07, 6.45) is 0.643. The molecule has 2 N–H and O–H groups in total. The van der Waals surface area contributed by atoms with E-state index in [4.69, 9.17) is 10.5 Å². The van der Waals surface area contributed by atoms with E-state index in [1.54, 1.807) is 17.0 Å². The third-order valence-electron chi connectivity index (χ3n) is 3.77. The maximum atomic E-state index is 12.4. The normalized spacial score (nSPS) is 17.7. The van der Waals surface area contributed by atoms with Gasteiger partial charge in [-0.3, -0.25) is 9.59 Å². The molecule has 0 spiro atoms. The van der Waals surface area contributed by atoms with Crippen molar-refractivity contribution in [3.63, 3.8) is 0 Å². The molecule has 0 saturated carbocycles. The van der Waals surface area contributed by atoms with Gasteiger partial charge in [0, 0.05) is 32.7 Å². The lowest BCUT2D eigenvalue weighted by Crippen LogP contribution is -2.30. The summed E-state index contributed by atoms with van der Waals surface area (Å²) in [4.78, 5) is 27.5. The van der Waals surface area contributed by atoms with Gasteiger partial charge in [-0.2, -0.15) is 0 Å². The van der Waals surface area contributed by atoms with Crippen LogP contribution in [0.2, 0.25) is 0 Å². The average molecular weight is 291 g/mol. The Morgan fingerprint density at radius 3 is 2.67 bits per heavy atom. The second-order valence-corrected chi connectivity index (χ2v) is 5.43. The van der Waals surface area contributed by atoms with E-state index in [9.17, 15) is 9.59 Å². The first kappa shape index (κ1) is 15.2. The predicted molar refractivity (Wildman–Crippen MR) is 81.2 cm³/mol. The lowest BCUT2D eigenvalue weighted by atomic mass is 10.1. The number of hydrogen-bond donors (Lipinski definition) is 1. The van der Waals surface area contributed by atoms with Crippen molar-refractivity contribution < 1.29 is 14.3 Å². The molecule has 1 saturated heterocycles. The Labute approximate surface area is 124 Å². The van der Waals surface area contributed by atoms with Crippen molar-refractivity contribution in [1.82, 2.24) is 4.90 Å². The van der Waals surface area contributed by atoms with Crippen molar-refractivity contribution in [2.45, 2.75) is 6.42 Å². The molecule has 0 aliphatic carbocycles. The van der Waals surface area contributed by atoms with Crippen LogP contribution in [0.3, 0.4) is 0 Å². The van der Waals surface area contributed by atoms with Gasteiger partial charge in [-0.25, -0.2) is 0 Å². The number of esters is 1. The van der Waals surface area contributed by atoms with Gasteiger partial charge < -0.3 is 20.3 Å². The van der Waals surface area contributed by atoms with E-state index in [1.807, 2.05) is 25.1 Å². The topological polar surface area (TPSA) is 75.9 Å². The summed E-state index contributed by atoms with van der Waals surface area (Å²) in [5, 5.41) is 0. The van der Waals surface area contributed by atoms with Crippen LogP contribution in [0.5, 0.6) is 0 Å². The molecular weight excluding hydrogens is 270 g/mol. The predicted octanol–water partition coefficient (Wildman–Crippen LogP) is 0.970. The Kier molecular flexibility index (Phi) is 4.35. The highest BCUT2D eigenvalue weighted by Crippen LogP contribution is 2.25. The van der Waals surface area contributed by atoms with Crippen LogP contribution in [0.25, 0.3) is 0 Å². The molecular formula is C15H21N3O3. The lowest BCUT2D eigenvalue weighted by Gasteiger charge is -2.19. The van der Waals surface area contributed by atoms with Crippen LogP contribution in [-0.2, 0) is 9.53 Å². The minimum absolute atomic E-state index is 0.0987. The minimum Gasteiger partial charge on any atom is -0.469 e. The number of nitrogens with zero attached hydrogens (tertiary/aromatic N) is 2. The molecule has 1 aromatic carbocycles. The van der Waals surface area contributed by atoms with Gasteiger partial charge in [0.1, 0.15) is 0 Å². The molecule has 21 heavy (non-hydrogen) atoms. The number of carbonyl (C=O) groups excluding carboxylic acids is 2. The molecule has 1 aliphatic heterocycles. The Hall–Kier alpha value is -2.24. The van der Waals surface area contributed by atoms with Crippen molar-refractivity contribution >= 4 is 23.3 Å². The summed E-state index contributed by atoms with van der Waals surface area (Å²) in [6.45, 7) is 0.967. The number of ether oxygens (including phenoxy) is 1. The molecule has 0 radical (unpaired) electrons. The zero-order valence-corrected chi connectivity index (χ0v) is 12.6. The molecule has 6 heteroatoms. The number of anilines is 2. The Morgan fingerprint density at radius 2 is 2.10 bits per heavy atom. The number of benzene rings is 1. The van der Waals surface area contributed by atoms with Gasteiger partial charge in [-0.1, -0.05) is 0 Å². The van der Waals surface area contributed by atoms with E-state index >= 15 is 0 Å². The first-order valence-electron chi connectivity index (χ1n) is 6.88. The molecule has 0 bridgehead atoms. The number of carbonyl (C=O) groups is 2. The van der Waals surface area contributed by atoms with E-state index in [-0.39, 0.29) is 17.8 Å². The molecule has 1 amide bonds. The number of amides is 1. The van der Waals surface area contributed by atoms with E-state index in [1.165, 1.54) is 7.11 Å². The van der Waals surface area contributed by atoms with Crippen LogP contribution in [0.15, 0.2) is 18.2 Å². The largest absolute Gasteiger partial charge is 0.469 e. The highest BCUT2D eigenvalue weighted by atomic mass is 16.5. The molecule has 1 heterocycles. The zero-order valence-electron chi connectivity index (χ0n) is 12.6. The SMILES string of the molecule is COC(=O)C1CCN(C(=O)c2ccc(N(C)C)c(N)c2)C1. The van der Waals surface area contributed by atoms with Crippen molar-refractivity contribution in [3.8, 4) is 0 Å². The Balaban J connectivity index is 2.11. The maximum Gasteiger partial charge on any atom is 0.310 e. The number of rotatable bonds is 3. The standard InChI is InChI=1S/C15H21N3O3/c1-17(2)13-5-4-10(8-12(13)16)14(19)18-7-6-11(9-18)15(20)21-3/h4-5,8,11H,6-7,9,16H2,1-3H3. The van der Waals surface area contributed by atoms with Gasteiger partial charge in [0.2, 0.25) is 0 Å². The molecule has 0 aromatic heterocycles. The van der Waals surface area contributed by atoms with Crippen molar-refractivity contribution in [1.29, 1.82) is 0 Å². The number of nitrogen functional groups attached to an aromatic ring is 1. The monoisotopic (exact) mass is 291 g/mol. The number of nitrogens with two attached hydrogens (primary N) is 1. The van der Waals surface area contributed by atoms with E-state index in [2.05, 4.69) is 0 Å². The second-order valence-electron chi connectivity index (χ2n) is 5.43. The molecule has 1 aliphatic rings. The van der Waals surface area contributed by atoms with Crippen molar-refractivity contribution in [3.05, 3.63) is 23.8 Å². The molecule has 1 fully saturated rings. The van der Waals surface area contributed by atoms with Gasteiger partial charge in [0.15, 0.2) is 0 Å². The van der Waals surface area contributed by atoms with Gasteiger partial charge in [0.25, 0.3) is 5.91 Å². The quantitative estimate of drug-likeness (QED) is 0.663. The second kappa shape index (κ2) is 6.03. The third kappa shape index (κ3) is 3.09. The van der Waals surface area contributed by atoms with Crippen LogP contribution < -0.4 is 10.6 Å². The summed E-state index contributed by atoms with van der Waals surface area (Å²) in [7, 11) is 5.16. The molecule has 2 rings (SSSR count). The highest BCUT2D eigenvalue weighted by Gasteiger charge is 2.32. The summed E-state index contributed by atoms with van der Waals surface area (Å²) in [5.41, 5.74) is 7.95. The lowest BCUT2D eigenvalue weighted by molar-refractivity contribution is -0.144. The molecule has 6 nitrogen and oxygen atoms in total. The smallest absolute Gasteiger partial charge is 0.310 e. The first-order chi connectivity index (χ1) is 9.93. The van der Waals surface area contributed by atoms with Crippen LogP contribution in [0.4, 0.5) is 11.4 Å². The summed E-state index contributed by atoms with van der Waals surface area (Å²) < 4.78 is 4.73. The molecule has 1 aromatic rings.